The molecule has 1 saturated heterocycles. The minimum absolute atomic E-state index is 0.146. The molecule has 3 aromatic rings. The molecule has 0 saturated carbocycles. The highest BCUT2D eigenvalue weighted by molar-refractivity contribution is 9.10. The zero-order valence-corrected chi connectivity index (χ0v) is 21.2. The van der Waals surface area contributed by atoms with Crippen LogP contribution in [0.3, 0.4) is 0 Å². The van der Waals surface area contributed by atoms with Gasteiger partial charge >= 0.3 is 6.03 Å². The average Bonchev–Trinajstić information content (AvgIpc) is 3.07. The Morgan fingerprint density at radius 1 is 1.03 bits per heavy atom. The zero-order chi connectivity index (χ0) is 23.5. The van der Waals surface area contributed by atoms with Gasteiger partial charge in [-0.25, -0.2) is 9.69 Å². The van der Waals surface area contributed by atoms with Crippen molar-refractivity contribution in [2.45, 2.75) is 6.61 Å². The Morgan fingerprint density at radius 3 is 2.39 bits per heavy atom. The quantitative estimate of drug-likeness (QED) is 0.261. The minimum atomic E-state index is -0.533. The minimum Gasteiger partial charge on any atom is -0.493 e. The second-order valence-electron chi connectivity index (χ2n) is 7.05. The summed E-state index contributed by atoms with van der Waals surface area (Å²) in [7, 11) is 1.54. The number of imide groups is 1. The van der Waals surface area contributed by atoms with E-state index in [9.17, 15) is 9.59 Å². The van der Waals surface area contributed by atoms with Crippen LogP contribution >= 0.6 is 43.5 Å². The molecule has 6 nitrogen and oxygen atoms in total. The Hall–Kier alpha value is -2.81. The average molecular weight is 593 g/mol. The van der Waals surface area contributed by atoms with E-state index in [1.165, 1.54) is 7.11 Å². The molecule has 0 spiro atoms. The van der Waals surface area contributed by atoms with Gasteiger partial charge in [-0.3, -0.25) is 4.79 Å². The van der Waals surface area contributed by atoms with E-state index in [-0.39, 0.29) is 5.70 Å². The first-order chi connectivity index (χ1) is 15.9. The number of urea groups is 1. The van der Waals surface area contributed by atoms with Gasteiger partial charge in [-0.1, -0.05) is 39.7 Å². The summed E-state index contributed by atoms with van der Waals surface area (Å²) in [4.78, 5) is 26.3. The van der Waals surface area contributed by atoms with Gasteiger partial charge in [-0.2, -0.15) is 0 Å². The molecule has 3 amide bonds. The number of hydrogen-bond donors (Lipinski definition) is 1. The van der Waals surface area contributed by atoms with E-state index < -0.39 is 11.9 Å². The third-order valence-corrected chi connectivity index (χ3v) is 6.19. The number of anilines is 1. The number of carbonyl (C=O) groups excluding carboxylic acids is 2. The summed E-state index contributed by atoms with van der Waals surface area (Å²) in [6, 6.07) is 17.3. The van der Waals surface area contributed by atoms with Crippen LogP contribution in [0.25, 0.3) is 6.08 Å². The molecule has 1 N–H and O–H groups in total. The normalized spacial score (nSPS) is 14.5. The van der Waals surface area contributed by atoms with Crippen LogP contribution in [0.4, 0.5) is 10.5 Å². The fourth-order valence-corrected chi connectivity index (χ4v) is 4.19. The number of benzene rings is 3. The standard InChI is InChI=1S/C24H17Br2ClN2O4/c1-32-21-12-15(10-19(26)22(21)33-13-14-2-4-16(25)5-3-14)11-20-23(30)29(24(31)28-20)18-8-6-17(27)7-9-18/h2-12H,13H2,1H3,(H,28,31)/b20-11+. The second kappa shape index (κ2) is 9.99. The van der Waals surface area contributed by atoms with E-state index in [0.717, 1.165) is 14.9 Å². The van der Waals surface area contributed by atoms with Crippen LogP contribution < -0.4 is 19.7 Å². The molecule has 0 atom stereocenters. The van der Waals surface area contributed by atoms with Crippen molar-refractivity contribution in [3.8, 4) is 11.5 Å². The lowest BCUT2D eigenvalue weighted by Gasteiger charge is -2.14. The molecule has 4 rings (SSSR count). The van der Waals surface area contributed by atoms with E-state index in [1.54, 1.807) is 42.5 Å². The molecule has 0 radical (unpaired) electrons. The topological polar surface area (TPSA) is 67.9 Å². The van der Waals surface area contributed by atoms with Crippen molar-refractivity contribution in [1.82, 2.24) is 5.32 Å². The third-order valence-electron chi connectivity index (χ3n) is 4.82. The maximum absolute atomic E-state index is 12.9. The third kappa shape index (κ3) is 5.24. The van der Waals surface area contributed by atoms with Gasteiger partial charge in [-0.15, -0.1) is 0 Å². The van der Waals surface area contributed by atoms with Crippen LogP contribution in [0, 0.1) is 0 Å². The highest BCUT2D eigenvalue weighted by Crippen LogP contribution is 2.38. The van der Waals surface area contributed by atoms with Crippen LogP contribution in [0.1, 0.15) is 11.1 Å². The first-order valence-electron chi connectivity index (χ1n) is 9.73. The van der Waals surface area contributed by atoms with Gasteiger partial charge in [0.1, 0.15) is 12.3 Å². The van der Waals surface area contributed by atoms with Crippen LogP contribution in [0.2, 0.25) is 5.02 Å². The van der Waals surface area contributed by atoms with Crippen molar-refractivity contribution in [2.75, 3.05) is 12.0 Å². The van der Waals surface area contributed by atoms with E-state index in [0.29, 0.717) is 38.9 Å². The van der Waals surface area contributed by atoms with E-state index in [4.69, 9.17) is 21.1 Å². The van der Waals surface area contributed by atoms with Crippen molar-refractivity contribution in [1.29, 1.82) is 0 Å². The van der Waals surface area contributed by atoms with Crippen molar-refractivity contribution in [2.24, 2.45) is 0 Å². The molecule has 0 aliphatic carbocycles. The van der Waals surface area contributed by atoms with Crippen molar-refractivity contribution in [3.63, 3.8) is 0 Å². The number of carbonyl (C=O) groups is 2. The highest BCUT2D eigenvalue weighted by atomic mass is 79.9. The number of nitrogens with zero attached hydrogens (tertiary/aromatic N) is 1. The van der Waals surface area contributed by atoms with Gasteiger partial charge in [0.05, 0.1) is 17.3 Å². The van der Waals surface area contributed by atoms with E-state index in [1.807, 2.05) is 24.3 Å². The maximum atomic E-state index is 12.9. The van der Waals surface area contributed by atoms with Gasteiger partial charge in [0.15, 0.2) is 11.5 Å². The summed E-state index contributed by atoms with van der Waals surface area (Å²) in [5, 5.41) is 3.13. The van der Waals surface area contributed by atoms with Crippen LogP contribution in [-0.2, 0) is 11.4 Å². The molecule has 1 heterocycles. The van der Waals surface area contributed by atoms with Gasteiger partial charge in [-0.05, 0) is 81.7 Å². The van der Waals surface area contributed by atoms with Crippen molar-refractivity contribution in [3.05, 3.63) is 91.5 Å². The molecule has 1 fully saturated rings. The summed E-state index contributed by atoms with van der Waals surface area (Å²) < 4.78 is 13.1. The molecule has 1 aliphatic heterocycles. The van der Waals surface area contributed by atoms with Crippen molar-refractivity contribution < 1.29 is 19.1 Å². The number of nitrogens with one attached hydrogen (secondary N) is 1. The second-order valence-corrected chi connectivity index (χ2v) is 9.26. The Morgan fingerprint density at radius 2 is 1.73 bits per heavy atom. The Balaban J connectivity index is 1.57. The summed E-state index contributed by atoms with van der Waals surface area (Å²) >= 11 is 12.8. The molecule has 168 valence electrons. The molecule has 0 unspecified atom stereocenters. The maximum Gasteiger partial charge on any atom is 0.333 e. The van der Waals surface area contributed by atoms with Crippen LogP contribution in [0.15, 0.2) is 75.3 Å². The zero-order valence-electron chi connectivity index (χ0n) is 17.3. The Kier molecular flexibility index (Phi) is 7.07. The van der Waals surface area contributed by atoms with Crippen molar-refractivity contribution >= 4 is 67.2 Å². The molecular formula is C24H17Br2ClN2O4. The fourth-order valence-electron chi connectivity index (χ4n) is 3.23. The number of halogens is 3. The highest BCUT2D eigenvalue weighted by Gasteiger charge is 2.34. The lowest BCUT2D eigenvalue weighted by molar-refractivity contribution is -0.113. The lowest BCUT2D eigenvalue weighted by atomic mass is 10.1. The number of amides is 3. The Labute approximate surface area is 212 Å². The summed E-state index contributed by atoms with van der Waals surface area (Å²) in [5.74, 6) is 0.555. The smallest absolute Gasteiger partial charge is 0.333 e. The van der Waals surface area contributed by atoms with Gasteiger partial charge < -0.3 is 14.8 Å². The number of rotatable bonds is 6. The van der Waals surface area contributed by atoms with E-state index >= 15 is 0 Å². The number of ether oxygens (including phenoxy) is 2. The van der Waals surface area contributed by atoms with Crippen LogP contribution in [-0.4, -0.2) is 19.0 Å². The Bertz CT molecular complexity index is 1240. The van der Waals surface area contributed by atoms with E-state index in [2.05, 4.69) is 37.2 Å². The lowest BCUT2D eigenvalue weighted by Crippen LogP contribution is -2.30. The largest absolute Gasteiger partial charge is 0.493 e. The van der Waals surface area contributed by atoms with Gasteiger partial charge in [0.2, 0.25) is 0 Å². The summed E-state index contributed by atoms with van der Waals surface area (Å²) in [6.45, 7) is 0.354. The molecule has 33 heavy (non-hydrogen) atoms. The first-order valence-corrected chi connectivity index (χ1v) is 11.7. The van der Waals surface area contributed by atoms with Gasteiger partial charge in [0, 0.05) is 9.50 Å². The first kappa shape index (κ1) is 23.4. The fraction of sp³-hybridized carbons (Fsp3) is 0.0833. The molecule has 0 aromatic heterocycles. The molecule has 0 bridgehead atoms. The molecule has 3 aromatic carbocycles. The van der Waals surface area contributed by atoms with Gasteiger partial charge in [0.25, 0.3) is 5.91 Å². The summed E-state index contributed by atoms with van der Waals surface area (Å²) in [5.41, 5.74) is 2.23. The molecular weight excluding hydrogens is 576 g/mol. The molecule has 1 aliphatic rings. The summed E-state index contributed by atoms with van der Waals surface area (Å²) in [6.07, 6.45) is 1.59. The predicted octanol–water partition coefficient (Wildman–Crippen LogP) is 6.55. The molecule has 9 heteroatoms. The van der Waals surface area contributed by atoms with Crippen LogP contribution in [0.5, 0.6) is 11.5 Å². The number of hydrogen-bond acceptors (Lipinski definition) is 4. The SMILES string of the molecule is COc1cc(/C=C2/NC(=O)N(c3ccc(Cl)cc3)C2=O)cc(Br)c1OCc1ccc(Br)cc1. The monoisotopic (exact) mass is 590 g/mol. The predicted molar refractivity (Wildman–Crippen MR) is 135 cm³/mol. The number of methoxy groups -OCH3 is 1.